The summed E-state index contributed by atoms with van der Waals surface area (Å²) in [6, 6.07) is 9.88. The highest BCUT2D eigenvalue weighted by Gasteiger charge is 2.07. The van der Waals surface area contributed by atoms with Crippen LogP contribution in [0, 0.1) is 0 Å². The van der Waals surface area contributed by atoms with Crippen LogP contribution in [0.3, 0.4) is 0 Å². The molecule has 0 amide bonds. The van der Waals surface area contributed by atoms with Gasteiger partial charge in [-0.15, -0.1) is 0 Å². The van der Waals surface area contributed by atoms with Crippen molar-refractivity contribution in [1.82, 2.24) is 10.3 Å². The average molecular weight is 281 g/mol. The van der Waals surface area contributed by atoms with Gasteiger partial charge in [-0.3, -0.25) is 4.98 Å². The third kappa shape index (κ3) is 3.45. The molecule has 0 aliphatic rings. The van der Waals surface area contributed by atoms with Crippen molar-refractivity contribution < 1.29 is 0 Å². The zero-order valence-corrected chi connectivity index (χ0v) is 11.5. The van der Waals surface area contributed by atoms with E-state index in [1.807, 2.05) is 36.5 Å². The summed E-state index contributed by atoms with van der Waals surface area (Å²) < 4.78 is 0. The summed E-state index contributed by atoms with van der Waals surface area (Å²) in [5, 5.41) is 4.59. The second kappa shape index (κ2) is 6.19. The first-order valence-electron chi connectivity index (χ1n) is 5.74. The van der Waals surface area contributed by atoms with Gasteiger partial charge in [-0.1, -0.05) is 35.3 Å². The van der Waals surface area contributed by atoms with Gasteiger partial charge in [-0.2, -0.15) is 0 Å². The highest BCUT2D eigenvalue weighted by Crippen LogP contribution is 2.25. The Morgan fingerprint density at radius 1 is 1.22 bits per heavy atom. The fraction of sp³-hybridized carbons (Fsp3) is 0.214. The Morgan fingerprint density at radius 3 is 2.72 bits per heavy atom. The molecule has 0 saturated heterocycles. The first-order valence-corrected chi connectivity index (χ1v) is 6.49. The van der Waals surface area contributed by atoms with E-state index < -0.39 is 0 Å². The lowest BCUT2D eigenvalue weighted by Gasteiger charge is -2.14. The standard InChI is InChI=1S/C14H14Cl2N2/c1-10(12-4-5-13(15)14(16)7-12)18-9-11-3-2-6-17-8-11/h2-8,10,18H,9H2,1H3. The second-order valence-electron chi connectivity index (χ2n) is 4.14. The van der Waals surface area contributed by atoms with E-state index in [1.165, 1.54) is 0 Å². The van der Waals surface area contributed by atoms with Crippen molar-refractivity contribution in [1.29, 1.82) is 0 Å². The largest absolute Gasteiger partial charge is 0.306 e. The zero-order chi connectivity index (χ0) is 13.0. The number of aromatic nitrogens is 1. The number of nitrogens with one attached hydrogen (secondary N) is 1. The smallest absolute Gasteiger partial charge is 0.0595 e. The maximum atomic E-state index is 6.01. The molecule has 0 aliphatic heterocycles. The van der Waals surface area contributed by atoms with Crippen LogP contribution in [0.2, 0.25) is 10.0 Å². The first-order chi connectivity index (χ1) is 8.66. The molecule has 2 nitrogen and oxygen atoms in total. The number of rotatable bonds is 4. The molecule has 1 unspecified atom stereocenters. The van der Waals surface area contributed by atoms with E-state index in [1.54, 1.807) is 6.20 Å². The fourth-order valence-corrected chi connectivity index (χ4v) is 1.98. The minimum absolute atomic E-state index is 0.208. The van der Waals surface area contributed by atoms with Gasteiger partial charge in [0.15, 0.2) is 0 Å². The predicted octanol–water partition coefficient (Wildman–Crippen LogP) is 4.24. The predicted molar refractivity (Wildman–Crippen MR) is 76.0 cm³/mol. The third-order valence-corrected chi connectivity index (χ3v) is 3.52. The Morgan fingerprint density at radius 2 is 2.06 bits per heavy atom. The first kappa shape index (κ1) is 13.3. The Kier molecular flexibility index (Phi) is 4.59. The Hall–Kier alpha value is -1.09. The van der Waals surface area contributed by atoms with Gasteiger partial charge in [0.2, 0.25) is 0 Å². The molecule has 0 bridgehead atoms. The molecule has 4 heteroatoms. The summed E-state index contributed by atoms with van der Waals surface area (Å²) in [5.74, 6) is 0. The van der Waals surface area contributed by atoms with Gasteiger partial charge >= 0.3 is 0 Å². The monoisotopic (exact) mass is 280 g/mol. The van der Waals surface area contributed by atoms with Crippen molar-refractivity contribution >= 4 is 23.2 Å². The minimum atomic E-state index is 0.208. The number of halogens is 2. The molecule has 0 saturated carbocycles. The van der Waals surface area contributed by atoms with Gasteiger partial charge in [0.1, 0.15) is 0 Å². The van der Waals surface area contributed by atoms with Gasteiger partial charge in [0.05, 0.1) is 10.0 Å². The van der Waals surface area contributed by atoms with Crippen LogP contribution in [0.25, 0.3) is 0 Å². The van der Waals surface area contributed by atoms with Crippen LogP contribution in [0.5, 0.6) is 0 Å². The van der Waals surface area contributed by atoms with Crippen LogP contribution in [0.15, 0.2) is 42.7 Å². The molecule has 2 aromatic rings. The molecule has 1 heterocycles. The van der Waals surface area contributed by atoms with Gasteiger partial charge < -0.3 is 5.32 Å². The highest BCUT2D eigenvalue weighted by molar-refractivity contribution is 6.42. The number of hydrogen-bond acceptors (Lipinski definition) is 2. The van der Waals surface area contributed by atoms with Crippen molar-refractivity contribution in [2.45, 2.75) is 19.5 Å². The van der Waals surface area contributed by atoms with E-state index in [0.29, 0.717) is 10.0 Å². The van der Waals surface area contributed by atoms with E-state index in [0.717, 1.165) is 17.7 Å². The molecule has 94 valence electrons. The van der Waals surface area contributed by atoms with Gasteiger partial charge in [-0.05, 0) is 36.2 Å². The molecule has 0 fully saturated rings. The van der Waals surface area contributed by atoms with Crippen molar-refractivity contribution in [3.63, 3.8) is 0 Å². The topological polar surface area (TPSA) is 24.9 Å². The van der Waals surface area contributed by atoms with Gasteiger partial charge in [-0.25, -0.2) is 0 Å². The lowest BCUT2D eigenvalue weighted by molar-refractivity contribution is 0.574. The summed E-state index contributed by atoms with van der Waals surface area (Å²) in [7, 11) is 0. The number of benzene rings is 1. The van der Waals surface area contributed by atoms with Crippen LogP contribution < -0.4 is 5.32 Å². The molecule has 0 radical (unpaired) electrons. The van der Waals surface area contributed by atoms with Gasteiger partial charge in [0.25, 0.3) is 0 Å². The lowest BCUT2D eigenvalue weighted by Crippen LogP contribution is -2.18. The molecule has 1 atom stereocenters. The molecule has 18 heavy (non-hydrogen) atoms. The Bertz CT molecular complexity index is 514. The van der Waals surface area contributed by atoms with Crippen molar-refractivity contribution in [3.05, 3.63) is 63.9 Å². The van der Waals surface area contributed by atoms with Crippen LogP contribution >= 0.6 is 23.2 Å². The fourth-order valence-electron chi connectivity index (χ4n) is 1.67. The van der Waals surface area contributed by atoms with Gasteiger partial charge in [0, 0.05) is 25.0 Å². The van der Waals surface area contributed by atoms with E-state index in [-0.39, 0.29) is 6.04 Å². The maximum Gasteiger partial charge on any atom is 0.0595 e. The quantitative estimate of drug-likeness (QED) is 0.906. The molecule has 1 N–H and O–H groups in total. The number of pyridine rings is 1. The minimum Gasteiger partial charge on any atom is -0.306 e. The molecular weight excluding hydrogens is 267 g/mol. The Balaban J connectivity index is 1.99. The van der Waals surface area contributed by atoms with Crippen molar-refractivity contribution in [2.24, 2.45) is 0 Å². The van der Waals surface area contributed by atoms with Crippen LogP contribution in [-0.2, 0) is 6.54 Å². The summed E-state index contributed by atoms with van der Waals surface area (Å²) in [6.07, 6.45) is 3.63. The lowest BCUT2D eigenvalue weighted by atomic mass is 10.1. The number of hydrogen-bond donors (Lipinski definition) is 1. The zero-order valence-electron chi connectivity index (χ0n) is 10.0. The van der Waals surface area contributed by atoms with Crippen molar-refractivity contribution in [3.8, 4) is 0 Å². The summed E-state index contributed by atoms with van der Waals surface area (Å²) >= 11 is 11.9. The normalized spacial score (nSPS) is 12.4. The summed E-state index contributed by atoms with van der Waals surface area (Å²) in [6.45, 7) is 2.87. The summed E-state index contributed by atoms with van der Waals surface area (Å²) in [4.78, 5) is 4.08. The molecule has 2 rings (SSSR count). The molecular formula is C14H14Cl2N2. The maximum absolute atomic E-state index is 6.01. The van der Waals surface area contributed by atoms with Crippen LogP contribution in [0.1, 0.15) is 24.1 Å². The van der Waals surface area contributed by atoms with E-state index in [2.05, 4.69) is 17.2 Å². The molecule has 0 aliphatic carbocycles. The third-order valence-electron chi connectivity index (χ3n) is 2.78. The van der Waals surface area contributed by atoms with E-state index in [4.69, 9.17) is 23.2 Å². The summed E-state index contributed by atoms with van der Waals surface area (Å²) in [5.41, 5.74) is 2.28. The van der Waals surface area contributed by atoms with Crippen LogP contribution in [-0.4, -0.2) is 4.98 Å². The Labute approximate surface area is 117 Å². The van der Waals surface area contributed by atoms with Crippen LogP contribution in [0.4, 0.5) is 0 Å². The number of nitrogens with zero attached hydrogens (tertiary/aromatic N) is 1. The average Bonchev–Trinajstić information content (AvgIpc) is 2.40. The SMILES string of the molecule is CC(NCc1cccnc1)c1ccc(Cl)c(Cl)c1. The van der Waals surface area contributed by atoms with Crippen molar-refractivity contribution in [2.75, 3.05) is 0 Å². The van der Waals surface area contributed by atoms with E-state index in [9.17, 15) is 0 Å². The highest BCUT2D eigenvalue weighted by atomic mass is 35.5. The second-order valence-corrected chi connectivity index (χ2v) is 4.95. The molecule has 0 spiro atoms. The molecule has 1 aromatic carbocycles. The molecule has 1 aromatic heterocycles. The van der Waals surface area contributed by atoms with E-state index >= 15 is 0 Å².